The van der Waals surface area contributed by atoms with E-state index < -0.39 is 10.8 Å². The fourth-order valence-electron chi connectivity index (χ4n) is 2.11. The van der Waals surface area contributed by atoms with Gasteiger partial charge in [-0.2, -0.15) is 11.3 Å². The first-order chi connectivity index (χ1) is 8.84. The molecule has 0 spiro atoms. The van der Waals surface area contributed by atoms with Crippen molar-refractivity contribution in [1.29, 1.82) is 0 Å². The zero-order valence-corrected chi connectivity index (χ0v) is 12.6. The molecule has 2 heterocycles. The molecule has 1 unspecified atom stereocenters. The Hall–Kier alpha value is -0.533. The Morgan fingerprint density at radius 3 is 2.74 bits per heavy atom. The van der Waals surface area contributed by atoms with Gasteiger partial charge in [0.25, 0.3) is 0 Å². The van der Waals surface area contributed by atoms with Gasteiger partial charge in [-0.25, -0.2) is 0 Å². The summed E-state index contributed by atoms with van der Waals surface area (Å²) < 4.78 is 12.0. The van der Waals surface area contributed by atoms with Crippen molar-refractivity contribution in [1.82, 2.24) is 4.98 Å². The predicted molar refractivity (Wildman–Crippen MR) is 76.8 cm³/mol. The van der Waals surface area contributed by atoms with E-state index in [0.717, 1.165) is 45.7 Å². The molecule has 1 saturated heterocycles. The second-order valence-electron chi connectivity index (χ2n) is 4.33. The third-order valence-electron chi connectivity index (χ3n) is 3.06. The van der Waals surface area contributed by atoms with E-state index in [-0.39, 0.29) is 18.9 Å². The summed E-state index contributed by atoms with van der Waals surface area (Å²) in [6.07, 6.45) is 5.08. The average molecular weight is 283 g/mol. The first-order valence-electron chi connectivity index (χ1n) is 6.10. The molecule has 0 N–H and O–H groups in total. The Balaban J connectivity index is 0.00000133. The molecule has 2 aromatic rings. The van der Waals surface area contributed by atoms with Crippen LogP contribution in [0.4, 0.5) is 0 Å². The number of hydrogen-bond donors (Lipinski definition) is 0. The third-order valence-corrected chi connectivity index (χ3v) is 5.93. The number of rotatable bonds is 2. The fraction of sp³-hybridized carbons (Fsp3) is 0.286. The minimum Gasteiger partial charge on any atom is -0.341 e. The molecule has 0 amide bonds. The first-order valence-corrected chi connectivity index (χ1v) is 8.24. The number of nitrogens with zero attached hydrogens (tertiary/aromatic N) is 1. The maximum atomic E-state index is 12.0. The van der Waals surface area contributed by atoms with Crippen LogP contribution in [0, 0.1) is 5.25 Å². The van der Waals surface area contributed by atoms with Crippen LogP contribution in [0.3, 0.4) is 0 Å². The molecule has 1 atom stereocenters. The second-order valence-corrected chi connectivity index (χ2v) is 6.95. The van der Waals surface area contributed by atoms with Gasteiger partial charge in [0, 0.05) is 11.3 Å². The Morgan fingerprint density at radius 2 is 2.00 bits per heavy atom. The van der Waals surface area contributed by atoms with Gasteiger partial charge in [0.1, 0.15) is 5.01 Å². The Bertz CT molecular complexity index is 556. The molecule has 0 saturated carbocycles. The average Bonchev–Trinajstić information content (AvgIpc) is 2.90. The molecule has 1 fully saturated rings. The Morgan fingerprint density at radius 1 is 1.21 bits per heavy atom. The van der Waals surface area contributed by atoms with Crippen LogP contribution in [0.15, 0.2) is 36.5 Å². The predicted octanol–water partition coefficient (Wildman–Crippen LogP) is 0.627. The van der Waals surface area contributed by atoms with E-state index in [0.29, 0.717) is 0 Å². The normalized spacial score (nSPS) is 18.9. The molecule has 19 heavy (non-hydrogen) atoms. The molecule has 2 nitrogen and oxygen atoms in total. The van der Waals surface area contributed by atoms with Gasteiger partial charge in [0.2, 0.25) is 0 Å². The standard InChI is InChI=1S/C14H14NOS2.Li/c16-18-9-5-4-8-13(18)12-10-15-14(17-12)11-6-2-1-3-7-11;/h1-3,6-7,10H,4-5,8-9H2;/q-1;+1. The topological polar surface area (TPSA) is 30.0 Å². The summed E-state index contributed by atoms with van der Waals surface area (Å²) in [5.74, 6) is 0.813. The van der Waals surface area contributed by atoms with Crippen LogP contribution in [0.25, 0.3) is 10.6 Å². The maximum absolute atomic E-state index is 12.0. The van der Waals surface area contributed by atoms with E-state index in [1.165, 1.54) is 0 Å². The minimum atomic E-state index is -0.785. The van der Waals surface area contributed by atoms with E-state index in [4.69, 9.17) is 0 Å². The SMILES string of the molecule is O=S1CCCC[C-]1c1cnc(-c2ccccc2)s1.[Li+]. The van der Waals surface area contributed by atoms with Gasteiger partial charge in [-0.3, -0.25) is 4.21 Å². The van der Waals surface area contributed by atoms with Crippen molar-refractivity contribution in [3.05, 3.63) is 46.7 Å². The molecule has 1 aliphatic rings. The Labute approximate surface area is 132 Å². The number of aromatic nitrogens is 1. The van der Waals surface area contributed by atoms with Crippen molar-refractivity contribution < 1.29 is 23.1 Å². The van der Waals surface area contributed by atoms with Crippen LogP contribution in [-0.2, 0) is 10.8 Å². The second kappa shape index (κ2) is 6.76. The van der Waals surface area contributed by atoms with Gasteiger partial charge >= 0.3 is 18.9 Å². The van der Waals surface area contributed by atoms with Crippen molar-refractivity contribution in [3.8, 4) is 10.6 Å². The smallest absolute Gasteiger partial charge is 0.341 e. The van der Waals surface area contributed by atoms with Crippen molar-refractivity contribution >= 4 is 22.1 Å². The zero-order chi connectivity index (χ0) is 12.4. The first kappa shape index (κ1) is 14.9. The zero-order valence-electron chi connectivity index (χ0n) is 11.0. The van der Waals surface area contributed by atoms with E-state index in [1.54, 1.807) is 11.3 Å². The van der Waals surface area contributed by atoms with Gasteiger partial charge in [0.15, 0.2) is 0 Å². The summed E-state index contributed by atoms with van der Waals surface area (Å²) in [4.78, 5) is 5.56. The van der Waals surface area contributed by atoms with Gasteiger partial charge in [-0.1, -0.05) is 43.2 Å². The number of benzene rings is 1. The molecule has 1 aromatic heterocycles. The molecule has 0 aliphatic carbocycles. The molecular formula is C14H14LiNOS2. The molecular weight excluding hydrogens is 269 g/mol. The summed E-state index contributed by atoms with van der Waals surface area (Å²) in [7, 11) is -0.785. The van der Waals surface area contributed by atoms with E-state index >= 15 is 0 Å². The van der Waals surface area contributed by atoms with E-state index in [1.807, 2.05) is 24.4 Å². The molecule has 3 rings (SSSR count). The molecule has 94 valence electrons. The van der Waals surface area contributed by atoms with Gasteiger partial charge in [0.05, 0.1) is 0 Å². The molecule has 0 bridgehead atoms. The van der Waals surface area contributed by atoms with Gasteiger partial charge in [-0.05, 0) is 17.2 Å². The summed E-state index contributed by atoms with van der Waals surface area (Å²) >= 11 is 1.66. The van der Waals surface area contributed by atoms with Crippen molar-refractivity contribution in [3.63, 3.8) is 0 Å². The summed E-state index contributed by atoms with van der Waals surface area (Å²) in [5, 5.41) is 2.11. The largest absolute Gasteiger partial charge is 1.00 e. The van der Waals surface area contributed by atoms with Crippen LogP contribution in [0.2, 0.25) is 0 Å². The van der Waals surface area contributed by atoms with Crippen LogP contribution in [0.5, 0.6) is 0 Å². The maximum Gasteiger partial charge on any atom is 1.00 e. The third kappa shape index (κ3) is 3.32. The quantitative estimate of drug-likeness (QED) is 0.598. The van der Waals surface area contributed by atoms with E-state index in [2.05, 4.69) is 17.1 Å². The summed E-state index contributed by atoms with van der Waals surface area (Å²) in [6.45, 7) is 0. The molecule has 1 aliphatic heterocycles. The number of thiazole rings is 1. The van der Waals surface area contributed by atoms with Crippen LogP contribution < -0.4 is 18.9 Å². The van der Waals surface area contributed by atoms with Crippen LogP contribution >= 0.6 is 11.3 Å². The molecule has 5 heteroatoms. The molecule has 1 aromatic carbocycles. The number of hydrogen-bond acceptors (Lipinski definition) is 3. The van der Waals surface area contributed by atoms with Gasteiger partial charge in [-0.15, -0.1) is 16.3 Å². The van der Waals surface area contributed by atoms with Crippen molar-refractivity contribution in [2.45, 2.75) is 19.3 Å². The Kier molecular flexibility index (Phi) is 5.29. The van der Waals surface area contributed by atoms with Crippen molar-refractivity contribution in [2.75, 3.05) is 5.75 Å². The minimum absolute atomic E-state index is 0. The van der Waals surface area contributed by atoms with Crippen LogP contribution in [-0.4, -0.2) is 14.9 Å². The van der Waals surface area contributed by atoms with E-state index in [9.17, 15) is 4.21 Å². The fourth-order valence-corrected chi connectivity index (χ4v) is 4.76. The van der Waals surface area contributed by atoms with Gasteiger partial charge < -0.3 is 4.98 Å². The summed E-state index contributed by atoms with van der Waals surface area (Å²) in [6, 6.07) is 10.2. The summed E-state index contributed by atoms with van der Waals surface area (Å²) in [5.41, 5.74) is 1.14. The molecule has 0 radical (unpaired) electrons. The van der Waals surface area contributed by atoms with Crippen molar-refractivity contribution in [2.24, 2.45) is 0 Å². The monoisotopic (exact) mass is 283 g/mol. The van der Waals surface area contributed by atoms with Crippen LogP contribution in [0.1, 0.15) is 24.1 Å².